The van der Waals surface area contributed by atoms with Gasteiger partial charge < -0.3 is 18.9 Å². The third-order valence-corrected chi connectivity index (χ3v) is 10.3. The minimum absolute atomic E-state index is 0.620. The number of hydrogen-bond donors (Lipinski definition) is 0. The van der Waals surface area contributed by atoms with Gasteiger partial charge in [-0.25, -0.2) is 0 Å². The summed E-state index contributed by atoms with van der Waals surface area (Å²) in [6, 6.07) is 4.37. The van der Waals surface area contributed by atoms with E-state index in [2.05, 4.69) is 50.3 Å². The Morgan fingerprint density at radius 2 is 0.974 bits per heavy atom. The number of unbranched alkanes of at least 4 members (excludes halogenated alkanes) is 6. The molecule has 0 unspecified atom stereocenters. The summed E-state index contributed by atoms with van der Waals surface area (Å²) in [5.74, 6) is 3.82. The lowest BCUT2D eigenvalue weighted by Gasteiger charge is -2.16. The van der Waals surface area contributed by atoms with Gasteiger partial charge in [0.25, 0.3) is 0 Å². The Hall–Kier alpha value is -2.22. The second-order valence-corrected chi connectivity index (χ2v) is 13.4. The highest BCUT2D eigenvalue weighted by atomic mass is 32.1. The summed E-state index contributed by atoms with van der Waals surface area (Å²) in [4.78, 5) is 7.42. The summed E-state index contributed by atoms with van der Waals surface area (Å²) in [7, 11) is 0. The van der Waals surface area contributed by atoms with Crippen LogP contribution in [0.2, 0.25) is 0 Å². The van der Waals surface area contributed by atoms with Gasteiger partial charge in [-0.3, -0.25) is 0 Å². The standard InChI is InChI=1S/C32H40O4S3/c1-3-5-7-9-11-25-29-31(35-21-19-33-29)27(38-25)17-15-23-13-14-24(37-23)16-18-28-32-30(34-20-22-36-32)26(39-28)12-10-8-6-4-2/h13-18H,3-12,19-22H2,1-2H3/b17-15+,18-16+. The molecule has 0 fully saturated rings. The zero-order valence-corrected chi connectivity index (χ0v) is 25.7. The third kappa shape index (κ3) is 7.30. The van der Waals surface area contributed by atoms with Crippen LogP contribution in [0.5, 0.6) is 23.0 Å². The summed E-state index contributed by atoms with van der Waals surface area (Å²) in [5.41, 5.74) is 0. The van der Waals surface area contributed by atoms with Gasteiger partial charge in [0.2, 0.25) is 0 Å². The van der Waals surface area contributed by atoms with E-state index in [4.69, 9.17) is 18.9 Å². The van der Waals surface area contributed by atoms with Gasteiger partial charge in [-0.15, -0.1) is 34.0 Å². The Labute approximate surface area is 245 Å². The van der Waals surface area contributed by atoms with E-state index < -0.39 is 0 Å². The first-order valence-corrected chi connectivity index (χ1v) is 17.0. The number of ether oxygens (including phenoxy) is 4. The van der Waals surface area contributed by atoms with Crippen LogP contribution in [0, 0.1) is 0 Å². The van der Waals surface area contributed by atoms with Crippen molar-refractivity contribution >= 4 is 58.3 Å². The lowest BCUT2D eigenvalue weighted by molar-refractivity contribution is 0.171. The van der Waals surface area contributed by atoms with E-state index >= 15 is 0 Å². The summed E-state index contributed by atoms with van der Waals surface area (Å²) < 4.78 is 24.1. The molecule has 0 amide bonds. The van der Waals surface area contributed by atoms with E-state index in [1.54, 1.807) is 11.3 Å². The maximum absolute atomic E-state index is 6.03. The van der Waals surface area contributed by atoms with Crippen LogP contribution in [-0.2, 0) is 12.8 Å². The van der Waals surface area contributed by atoms with Gasteiger partial charge in [-0.1, -0.05) is 52.4 Å². The smallest absolute Gasteiger partial charge is 0.179 e. The fourth-order valence-electron chi connectivity index (χ4n) is 4.90. The largest absolute Gasteiger partial charge is 0.485 e. The lowest BCUT2D eigenvalue weighted by Crippen LogP contribution is -2.15. The predicted molar refractivity (Wildman–Crippen MR) is 168 cm³/mol. The number of aryl methyl sites for hydroxylation is 2. The number of rotatable bonds is 14. The van der Waals surface area contributed by atoms with Gasteiger partial charge in [0.05, 0.1) is 19.5 Å². The van der Waals surface area contributed by atoms with E-state index in [0.29, 0.717) is 26.4 Å². The average Bonchev–Trinajstić information content (AvgIpc) is 3.67. The Bertz CT molecular complexity index is 1170. The van der Waals surface area contributed by atoms with Crippen molar-refractivity contribution in [1.82, 2.24) is 0 Å². The zero-order chi connectivity index (χ0) is 26.9. The molecule has 0 radical (unpaired) electrons. The van der Waals surface area contributed by atoms with Gasteiger partial charge in [-0.2, -0.15) is 0 Å². The van der Waals surface area contributed by atoms with Gasteiger partial charge in [0, 0.05) is 9.75 Å². The SMILES string of the molecule is CCCCCCc1sc(/C=C/c2ccc(/C=C/c3sc(CCCCCC)c4c3OCCO4)s2)c2c1OCCO2. The third-order valence-electron chi connectivity index (χ3n) is 6.95. The quantitative estimate of drug-likeness (QED) is 0.177. The summed E-state index contributed by atoms with van der Waals surface area (Å²) >= 11 is 5.43. The Morgan fingerprint density at radius 1 is 0.538 bits per heavy atom. The molecular formula is C32H40O4S3. The molecule has 0 aliphatic carbocycles. The van der Waals surface area contributed by atoms with Crippen LogP contribution in [0.15, 0.2) is 12.1 Å². The maximum atomic E-state index is 6.03. The highest BCUT2D eigenvalue weighted by Gasteiger charge is 2.24. The molecule has 0 atom stereocenters. The van der Waals surface area contributed by atoms with Crippen LogP contribution in [0.1, 0.15) is 94.5 Å². The second-order valence-electron chi connectivity index (χ2n) is 10.0. The molecular weight excluding hydrogens is 545 g/mol. The number of hydrogen-bond acceptors (Lipinski definition) is 7. The molecule has 0 bridgehead atoms. The van der Waals surface area contributed by atoms with Crippen LogP contribution in [0.3, 0.4) is 0 Å². The van der Waals surface area contributed by atoms with Crippen molar-refractivity contribution in [2.24, 2.45) is 0 Å². The molecule has 39 heavy (non-hydrogen) atoms. The average molecular weight is 585 g/mol. The first-order chi connectivity index (χ1) is 19.3. The Kier molecular flexibility index (Phi) is 10.5. The number of thiophene rings is 3. The molecule has 2 aliphatic heterocycles. The molecule has 5 heterocycles. The highest BCUT2D eigenvalue weighted by Crippen LogP contribution is 2.47. The molecule has 3 aromatic heterocycles. The lowest BCUT2D eigenvalue weighted by atomic mass is 10.1. The Morgan fingerprint density at radius 3 is 1.41 bits per heavy atom. The van der Waals surface area contributed by atoms with E-state index in [1.165, 1.54) is 70.9 Å². The fourth-order valence-corrected chi connectivity index (χ4v) is 7.99. The summed E-state index contributed by atoms with van der Waals surface area (Å²) in [5, 5.41) is 0. The van der Waals surface area contributed by atoms with Crippen molar-refractivity contribution < 1.29 is 18.9 Å². The summed E-state index contributed by atoms with van der Waals surface area (Å²) in [6.07, 6.45) is 21.0. The Balaban J connectivity index is 1.26. The predicted octanol–water partition coefficient (Wildman–Crippen LogP) is 10.00. The molecule has 2 aliphatic rings. The van der Waals surface area contributed by atoms with Crippen molar-refractivity contribution in [3.63, 3.8) is 0 Å². The monoisotopic (exact) mass is 584 g/mol. The highest BCUT2D eigenvalue weighted by molar-refractivity contribution is 7.15. The molecule has 7 heteroatoms. The van der Waals surface area contributed by atoms with Crippen molar-refractivity contribution in [2.45, 2.75) is 78.1 Å². The normalized spacial score (nSPS) is 14.6. The first kappa shape index (κ1) is 28.3. The second kappa shape index (κ2) is 14.4. The molecule has 3 aromatic rings. The summed E-state index contributed by atoms with van der Waals surface area (Å²) in [6.45, 7) is 7.03. The first-order valence-electron chi connectivity index (χ1n) is 14.5. The molecule has 5 rings (SSSR count). The van der Waals surface area contributed by atoms with E-state index in [9.17, 15) is 0 Å². The molecule has 4 nitrogen and oxygen atoms in total. The molecule has 0 saturated carbocycles. The molecule has 0 saturated heterocycles. The van der Waals surface area contributed by atoms with E-state index in [1.807, 2.05) is 22.7 Å². The van der Waals surface area contributed by atoms with Crippen LogP contribution >= 0.6 is 34.0 Å². The van der Waals surface area contributed by atoms with Crippen LogP contribution in [0.25, 0.3) is 24.3 Å². The maximum Gasteiger partial charge on any atom is 0.179 e. The zero-order valence-electron chi connectivity index (χ0n) is 23.2. The van der Waals surface area contributed by atoms with Crippen LogP contribution in [0.4, 0.5) is 0 Å². The fraction of sp³-hybridized carbons (Fsp3) is 0.500. The van der Waals surface area contributed by atoms with E-state index in [0.717, 1.165) is 45.6 Å². The topological polar surface area (TPSA) is 36.9 Å². The van der Waals surface area contributed by atoms with Gasteiger partial charge >= 0.3 is 0 Å². The van der Waals surface area contributed by atoms with Gasteiger partial charge in [-0.05, 0) is 62.1 Å². The van der Waals surface area contributed by atoms with Crippen LogP contribution < -0.4 is 18.9 Å². The number of fused-ring (bicyclic) bond motifs is 2. The van der Waals surface area contributed by atoms with Gasteiger partial charge in [0.1, 0.15) is 26.4 Å². The molecule has 210 valence electrons. The van der Waals surface area contributed by atoms with Crippen molar-refractivity contribution in [1.29, 1.82) is 0 Å². The van der Waals surface area contributed by atoms with Crippen molar-refractivity contribution in [2.75, 3.05) is 26.4 Å². The van der Waals surface area contributed by atoms with E-state index in [-0.39, 0.29) is 0 Å². The van der Waals surface area contributed by atoms with Gasteiger partial charge in [0.15, 0.2) is 23.0 Å². The molecule has 0 aromatic carbocycles. The van der Waals surface area contributed by atoms with Crippen molar-refractivity contribution in [3.8, 4) is 23.0 Å². The minimum atomic E-state index is 0.620. The molecule has 0 N–H and O–H groups in total. The minimum Gasteiger partial charge on any atom is -0.485 e. The molecule has 0 spiro atoms. The van der Waals surface area contributed by atoms with Crippen molar-refractivity contribution in [3.05, 3.63) is 41.4 Å². The van der Waals surface area contributed by atoms with Crippen LogP contribution in [-0.4, -0.2) is 26.4 Å².